The number of hydrogen-bond donors (Lipinski definition) is 2. The number of methoxy groups -OCH3 is 1. The Morgan fingerprint density at radius 2 is 2.00 bits per heavy atom. The second kappa shape index (κ2) is 8.35. The van der Waals surface area contributed by atoms with E-state index in [1.54, 1.807) is 30.3 Å². The number of aromatic nitrogens is 3. The van der Waals surface area contributed by atoms with E-state index in [-0.39, 0.29) is 0 Å². The van der Waals surface area contributed by atoms with Crippen LogP contribution in [0.4, 0.5) is 11.6 Å². The maximum absolute atomic E-state index is 6.19. The lowest BCUT2D eigenvalue weighted by molar-refractivity contribution is 0.417. The summed E-state index contributed by atoms with van der Waals surface area (Å²) < 4.78 is 6.94. The molecule has 0 amide bonds. The average Bonchev–Trinajstić information content (AvgIpc) is 3.04. The fourth-order valence-corrected chi connectivity index (χ4v) is 2.93. The first-order chi connectivity index (χ1) is 12.5. The molecule has 0 aliphatic carbocycles. The van der Waals surface area contributed by atoms with Gasteiger partial charge >= 0.3 is 0 Å². The number of nitrogens with one attached hydrogen (secondary N) is 2. The molecule has 1 aromatic heterocycles. The molecule has 0 saturated carbocycles. The average molecular weight is 408 g/mol. The summed E-state index contributed by atoms with van der Waals surface area (Å²) in [7, 11) is 1.60. The zero-order valence-electron chi connectivity index (χ0n) is 13.7. The van der Waals surface area contributed by atoms with Crippen molar-refractivity contribution >= 4 is 52.2 Å². The molecule has 6 nitrogen and oxygen atoms in total. The number of rotatable bonds is 5. The first-order valence-electron chi connectivity index (χ1n) is 7.59. The molecule has 0 atom stereocenters. The van der Waals surface area contributed by atoms with Crippen molar-refractivity contribution in [3.8, 4) is 5.75 Å². The Hall–Kier alpha value is -2.35. The largest absolute Gasteiger partial charge is 0.495 e. The first kappa shape index (κ1) is 18.4. The van der Waals surface area contributed by atoms with Gasteiger partial charge in [-0.05, 0) is 42.0 Å². The second-order valence-corrected chi connectivity index (χ2v) is 6.53. The number of hydrogen-bond acceptors (Lipinski definition) is 4. The minimum Gasteiger partial charge on any atom is -0.495 e. The van der Waals surface area contributed by atoms with Gasteiger partial charge in [-0.3, -0.25) is 5.32 Å². The van der Waals surface area contributed by atoms with Crippen molar-refractivity contribution in [2.75, 3.05) is 17.7 Å². The van der Waals surface area contributed by atoms with Gasteiger partial charge in [0.1, 0.15) is 12.1 Å². The lowest BCUT2D eigenvalue weighted by Crippen LogP contribution is -2.20. The van der Waals surface area contributed by atoms with Gasteiger partial charge < -0.3 is 10.1 Å². The Morgan fingerprint density at radius 3 is 2.77 bits per heavy atom. The van der Waals surface area contributed by atoms with E-state index in [1.165, 1.54) is 0 Å². The molecule has 0 aliphatic rings. The van der Waals surface area contributed by atoms with Gasteiger partial charge in [0.2, 0.25) is 5.95 Å². The van der Waals surface area contributed by atoms with Crippen LogP contribution in [0.1, 0.15) is 5.56 Å². The van der Waals surface area contributed by atoms with Crippen molar-refractivity contribution in [2.24, 2.45) is 0 Å². The van der Waals surface area contributed by atoms with Crippen molar-refractivity contribution in [3.05, 3.63) is 64.4 Å². The molecule has 0 aliphatic heterocycles. The highest BCUT2D eigenvalue weighted by Gasteiger charge is 2.08. The fraction of sp³-hybridized carbons (Fsp3) is 0.118. The summed E-state index contributed by atoms with van der Waals surface area (Å²) in [5, 5.41) is 11.9. The van der Waals surface area contributed by atoms with Crippen molar-refractivity contribution < 1.29 is 4.74 Å². The SMILES string of the molecule is COc1ccccc1NC(=S)Nc1ncn(Cc2ccc(Cl)cc2Cl)n1. The molecule has 2 N–H and O–H groups in total. The van der Waals surface area contributed by atoms with Crippen LogP contribution in [-0.4, -0.2) is 27.0 Å². The molecule has 0 spiro atoms. The van der Waals surface area contributed by atoms with Crippen LogP contribution in [0, 0.1) is 0 Å². The summed E-state index contributed by atoms with van der Waals surface area (Å²) in [6.45, 7) is 0.470. The molecule has 3 aromatic rings. The van der Waals surface area contributed by atoms with Crippen LogP contribution >= 0.6 is 35.4 Å². The number of halogens is 2. The van der Waals surface area contributed by atoms with Gasteiger partial charge in [0, 0.05) is 10.0 Å². The third-order valence-electron chi connectivity index (χ3n) is 3.46. The van der Waals surface area contributed by atoms with Gasteiger partial charge in [0.15, 0.2) is 5.11 Å². The lowest BCUT2D eigenvalue weighted by atomic mass is 10.2. The summed E-state index contributed by atoms with van der Waals surface area (Å²) >= 11 is 17.4. The van der Waals surface area contributed by atoms with E-state index < -0.39 is 0 Å². The third kappa shape index (κ3) is 4.63. The van der Waals surface area contributed by atoms with E-state index in [1.807, 2.05) is 30.3 Å². The molecular formula is C17H15Cl2N5OS. The number of anilines is 2. The van der Waals surface area contributed by atoms with Crippen LogP contribution in [0.3, 0.4) is 0 Å². The molecule has 0 unspecified atom stereocenters. The minimum absolute atomic E-state index is 0.358. The minimum atomic E-state index is 0.358. The van der Waals surface area contributed by atoms with E-state index in [2.05, 4.69) is 20.7 Å². The Balaban J connectivity index is 1.63. The van der Waals surface area contributed by atoms with Crippen LogP contribution in [-0.2, 0) is 6.54 Å². The molecule has 0 bridgehead atoms. The number of thiocarbonyl (C=S) groups is 1. The topological polar surface area (TPSA) is 64.0 Å². The molecular weight excluding hydrogens is 393 g/mol. The van der Waals surface area contributed by atoms with E-state index >= 15 is 0 Å². The monoisotopic (exact) mass is 407 g/mol. The highest BCUT2D eigenvalue weighted by molar-refractivity contribution is 7.80. The van der Waals surface area contributed by atoms with Gasteiger partial charge in [-0.15, -0.1) is 5.10 Å². The molecule has 0 radical (unpaired) electrons. The normalized spacial score (nSPS) is 10.4. The Labute approximate surface area is 166 Å². The smallest absolute Gasteiger partial charge is 0.248 e. The van der Waals surface area contributed by atoms with Gasteiger partial charge in [-0.1, -0.05) is 41.4 Å². The summed E-state index contributed by atoms with van der Waals surface area (Å²) in [6.07, 6.45) is 1.60. The summed E-state index contributed by atoms with van der Waals surface area (Å²) in [4.78, 5) is 4.20. The van der Waals surface area contributed by atoms with Crippen molar-refractivity contribution in [3.63, 3.8) is 0 Å². The van der Waals surface area contributed by atoms with Gasteiger partial charge in [-0.25, -0.2) is 9.67 Å². The number of benzene rings is 2. The van der Waals surface area contributed by atoms with Crippen LogP contribution in [0.25, 0.3) is 0 Å². The molecule has 134 valence electrons. The molecule has 1 heterocycles. The van der Waals surface area contributed by atoms with Crippen molar-refractivity contribution in [2.45, 2.75) is 6.54 Å². The fourth-order valence-electron chi connectivity index (χ4n) is 2.26. The number of ether oxygens (including phenoxy) is 1. The zero-order chi connectivity index (χ0) is 18.5. The predicted octanol–water partition coefficient (Wildman–Crippen LogP) is 4.45. The van der Waals surface area contributed by atoms with E-state index in [0.717, 1.165) is 11.3 Å². The molecule has 0 saturated heterocycles. The standard InChI is InChI=1S/C17H15Cl2N5OS/c1-25-15-5-3-2-4-14(15)21-17(26)22-16-20-10-24(23-16)9-11-6-7-12(18)8-13(11)19/h2-8,10H,9H2,1H3,(H2,21,22,23,26). The predicted molar refractivity (Wildman–Crippen MR) is 108 cm³/mol. The Morgan fingerprint density at radius 1 is 1.19 bits per heavy atom. The van der Waals surface area contributed by atoms with Crippen LogP contribution in [0.5, 0.6) is 5.75 Å². The van der Waals surface area contributed by atoms with Gasteiger partial charge in [-0.2, -0.15) is 0 Å². The second-order valence-electron chi connectivity index (χ2n) is 5.28. The molecule has 9 heteroatoms. The quantitative estimate of drug-likeness (QED) is 0.609. The van der Waals surface area contributed by atoms with Crippen LogP contribution < -0.4 is 15.4 Å². The highest BCUT2D eigenvalue weighted by Crippen LogP contribution is 2.23. The summed E-state index contributed by atoms with van der Waals surface area (Å²) in [5.41, 5.74) is 1.64. The zero-order valence-corrected chi connectivity index (χ0v) is 16.1. The molecule has 2 aromatic carbocycles. The summed E-state index contributed by atoms with van der Waals surface area (Å²) in [6, 6.07) is 12.8. The van der Waals surface area contributed by atoms with E-state index in [4.69, 9.17) is 40.2 Å². The lowest BCUT2D eigenvalue weighted by Gasteiger charge is -2.11. The van der Waals surface area contributed by atoms with Gasteiger partial charge in [0.05, 0.1) is 19.3 Å². The molecule has 26 heavy (non-hydrogen) atoms. The van der Waals surface area contributed by atoms with Crippen molar-refractivity contribution in [1.82, 2.24) is 14.8 Å². The summed E-state index contributed by atoms with van der Waals surface area (Å²) in [5.74, 6) is 1.06. The maximum atomic E-state index is 6.19. The number of nitrogens with zero attached hydrogens (tertiary/aromatic N) is 3. The van der Waals surface area contributed by atoms with Crippen LogP contribution in [0.2, 0.25) is 10.0 Å². The number of para-hydroxylation sites is 2. The van der Waals surface area contributed by atoms with Crippen molar-refractivity contribution in [1.29, 1.82) is 0 Å². The highest BCUT2D eigenvalue weighted by atomic mass is 35.5. The third-order valence-corrected chi connectivity index (χ3v) is 4.26. The molecule has 3 rings (SSSR count). The maximum Gasteiger partial charge on any atom is 0.248 e. The van der Waals surface area contributed by atoms with Crippen LogP contribution in [0.15, 0.2) is 48.8 Å². The van der Waals surface area contributed by atoms with E-state index in [9.17, 15) is 0 Å². The van der Waals surface area contributed by atoms with E-state index in [0.29, 0.717) is 33.4 Å². The van der Waals surface area contributed by atoms with Gasteiger partial charge in [0.25, 0.3) is 0 Å². The Bertz CT molecular complexity index is 931. The first-order valence-corrected chi connectivity index (χ1v) is 8.76. The molecule has 0 fully saturated rings. The Kier molecular flexibility index (Phi) is 5.92.